The van der Waals surface area contributed by atoms with Crippen LogP contribution in [0, 0.1) is 17.3 Å². The van der Waals surface area contributed by atoms with E-state index in [-0.39, 0.29) is 5.41 Å². The number of rotatable bonds is 2. The van der Waals surface area contributed by atoms with Crippen molar-refractivity contribution in [2.75, 3.05) is 6.61 Å². The maximum Gasteiger partial charge on any atom is 0.0650 e. The molecule has 2 fully saturated rings. The lowest BCUT2D eigenvalue weighted by Crippen LogP contribution is -2.32. The molecule has 0 aliphatic heterocycles. The summed E-state index contributed by atoms with van der Waals surface area (Å²) < 4.78 is 0. The molecule has 2 aliphatic rings. The molecule has 2 saturated carbocycles. The van der Waals surface area contributed by atoms with E-state index in [1.54, 1.807) is 0 Å². The van der Waals surface area contributed by atoms with Crippen molar-refractivity contribution in [1.82, 2.24) is 0 Å². The first kappa shape index (κ1) is 8.52. The Morgan fingerprint density at radius 2 is 2.17 bits per heavy atom. The Morgan fingerprint density at radius 3 is 2.42 bits per heavy atom. The SMILES string of the molecule is CC(C)(O)[C@@]12CC[C@@H](CO)[C@@H]1C2. The number of hydrogen-bond donors (Lipinski definition) is 2. The average molecular weight is 170 g/mol. The van der Waals surface area contributed by atoms with Crippen molar-refractivity contribution in [2.45, 2.75) is 38.7 Å². The lowest BCUT2D eigenvalue weighted by Gasteiger charge is -2.27. The van der Waals surface area contributed by atoms with E-state index in [9.17, 15) is 5.11 Å². The van der Waals surface area contributed by atoms with Crippen molar-refractivity contribution in [3.8, 4) is 0 Å². The van der Waals surface area contributed by atoms with Crippen molar-refractivity contribution in [3.63, 3.8) is 0 Å². The summed E-state index contributed by atoms with van der Waals surface area (Å²) >= 11 is 0. The maximum absolute atomic E-state index is 9.95. The molecule has 2 heteroatoms. The normalized spacial score (nSPS) is 46.0. The molecule has 0 amide bonds. The van der Waals surface area contributed by atoms with Crippen molar-refractivity contribution in [1.29, 1.82) is 0 Å². The van der Waals surface area contributed by atoms with Gasteiger partial charge in [-0.2, -0.15) is 0 Å². The molecule has 2 nitrogen and oxygen atoms in total. The third-order valence-electron chi connectivity index (χ3n) is 4.12. The topological polar surface area (TPSA) is 40.5 Å². The predicted octanol–water partition coefficient (Wildman–Crippen LogP) is 1.17. The Balaban J connectivity index is 2.12. The molecule has 0 heterocycles. The molecule has 2 aliphatic carbocycles. The van der Waals surface area contributed by atoms with Gasteiger partial charge in [0.2, 0.25) is 0 Å². The Kier molecular flexibility index (Phi) is 1.59. The van der Waals surface area contributed by atoms with Crippen LogP contribution in [0.4, 0.5) is 0 Å². The summed E-state index contributed by atoms with van der Waals surface area (Å²) in [4.78, 5) is 0. The van der Waals surface area contributed by atoms with E-state index >= 15 is 0 Å². The van der Waals surface area contributed by atoms with Gasteiger partial charge in [0.05, 0.1) is 5.60 Å². The van der Waals surface area contributed by atoms with Gasteiger partial charge in [-0.25, -0.2) is 0 Å². The second-order valence-corrected chi connectivity index (χ2v) is 5.01. The van der Waals surface area contributed by atoms with Crippen LogP contribution in [0.5, 0.6) is 0 Å². The highest BCUT2D eigenvalue weighted by molar-refractivity contribution is 5.16. The van der Waals surface area contributed by atoms with Crippen LogP contribution in [-0.4, -0.2) is 22.4 Å². The van der Waals surface area contributed by atoms with E-state index in [4.69, 9.17) is 5.11 Å². The highest BCUT2D eigenvalue weighted by Gasteiger charge is 2.67. The van der Waals surface area contributed by atoms with Gasteiger partial charge >= 0.3 is 0 Å². The second kappa shape index (κ2) is 2.24. The van der Waals surface area contributed by atoms with Crippen molar-refractivity contribution in [2.24, 2.45) is 17.3 Å². The van der Waals surface area contributed by atoms with E-state index < -0.39 is 5.60 Å². The summed E-state index contributed by atoms with van der Waals surface area (Å²) in [6.45, 7) is 4.13. The van der Waals surface area contributed by atoms with E-state index in [0.29, 0.717) is 18.4 Å². The zero-order valence-electron chi connectivity index (χ0n) is 7.88. The van der Waals surface area contributed by atoms with Gasteiger partial charge in [-0.05, 0) is 44.9 Å². The van der Waals surface area contributed by atoms with Crippen LogP contribution >= 0.6 is 0 Å². The molecule has 3 atom stereocenters. The van der Waals surface area contributed by atoms with Crippen LogP contribution in [0.25, 0.3) is 0 Å². The van der Waals surface area contributed by atoms with Crippen molar-refractivity contribution < 1.29 is 10.2 Å². The van der Waals surface area contributed by atoms with Gasteiger partial charge in [0, 0.05) is 12.0 Å². The van der Waals surface area contributed by atoms with Crippen LogP contribution in [0.15, 0.2) is 0 Å². The largest absolute Gasteiger partial charge is 0.396 e. The van der Waals surface area contributed by atoms with Gasteiger partial charge in [0.1, 0.15) is 0 Å². The van der Waals surface area contributed by atoms with Crippen LogP contribution in [0.1, 0.15) is 33.1 Å². The fourth-order valence-electron chi connectivity index (χ4n) is 3.11. The van der Waals surface area contributed by atoms with Crippen LogP contribution in [0.2, 0.25) is 0 Å². The summed E-state index contributed by atoms with van der Waals surface area (Å²) in [7, 11) is 0. The minimum atomic E-state index is -0.540. The Labute approximate surface area is 73.6 Å². The second-order valence-electron chi connectivity index (χ2n) is 5.01. The maximum atomic E-state index is 9.95. The van der Waals surface area contributed by atoms with E-state index in [0.717, 1.165) is 19.3 Å². The van der Waals surface area contributed by atoms with Gasteiger partial charge in [-0.1, -0.05) is 0 Å². The monoisotopic (exact) mass is 170 g/mol. The van der Waals surface area contributed by atoms with E-state index in [1.807, 2.05) is 13.8 Å². The molecule has 0 aromatic heterocycles. The van der Waals surface area contributed by atoms with Crippen molar-refractivity contribution >= 4 is 0 Å². The summed E-state index contributed by atoms with van der Waals surface area (Å²) in [5.41, 5.74) is -0.373. The fourth-order valence-corrected chi connectivity index (χ4v) is 3.11. The third-order valence-corrected chi connectivity index (χ3v) is 4.12. The quantitative estimate of drug-likeness (QED) is 0.653. The highest BCUT2D eigenvalue weighted by atomic mass is 16.3. The smallest absolute Gasteiger partial charge is 0.0650 e. The van der Waals surface area contributed by atoms with Gasteiger partial charge in [-0.15, -0.1) is 0 Å². The molecule has 0 bridgehead atoms. The molecule has 0 aromatic rings. The summed E-state index contributed by atoms with van der Waals surface area (Å²) in [6.07, 6.45) is 3.33. The highest BCUT2D eigenvalue weighted by Crippen LogP contribution is 2.70. The lowest BCUT2D eigenvalue weighted by molar-refractivity contribution is -0.00252. The fraction of sp³-hybridized carbons (Fsp3) is 1.00. The molecule has 70 valence electrons. The molecule has 2 rings (SSSR count). The Hall–Kier alpha value is -0.0800. The van der Waals surface area contributed by atoms with Gasteiger partial charge in [0.25, 0.3) is 0 Å². The Morgan fingerprint density at radius 1 is 1.50 bits per heavy atom. The molecular weight excluding hydrogens is 152 g/mol. The standard InChI is InChI=1S/C10H18O2/c1-9(2,12)10-4-3-7(6-11)8(10)5-10/h7-8,11-12H,3-6H2,1-2H3/t7-,8-,10+/m0/s1. The molecule has 12 heavy (non-hydrogen) atoms. The minimum Gasteiger partial charge on any atom is -0.396 e. The zero-order chi connectivity index (χ0) is 8.98. The lowest BCUT2D eigenvalue weighted by atomic mass is 9.85. The number of aliphatic hydroxyl groups excluding tert-OH is 1. The van der Waals surface area contributed by atoms with E-state index in [1.165, 1.54) is 0 Å². The molecule has 2 N–H and O–H groups in total. The van der Waals surface area contributed by atoms with Gasteiger partial charge in [0.15, 0.2) is 0 Å². The number of fused-ring (bicyclic) bond motifs is 1. The van der Waals surface area contributed by atoms with E-state index in [2.05, 4.69) is 0 Å². The molecule has 0 unspecified atom stereocenters. The number of hydrogen-bond acceptors (Lipinski definition) is 2. The third kappa shape index (κ3) is 0.882. The van der Waals surface area contributed by atoms with Crippen LogP contribution in [-0.2, 0) is 0 Å². The molecule has 0 spiro atoms. The summed E-state index contributed by atoms with van der Waals surface area (Å²) in [5, 5.41) is 19.0. The number of aliphatic hydroxyl groups is 2. The Bertz CT molecular complexity index is 195. The van der Waals surface area contributed by atoms with Crippen molar-refractivity contribution in [3.05, 3.63) is 0 Å². The van der Waals surface area contributed by atoms with Gasteiger partial charge < -0.3 is 10.2 Å². The van der Waals surface area contributed by atoms with Crippen LogP contribution < -0.4 is 0 Å². The molecule has 0 aromatic carbocycles. The van der Waals surface area contributed by atoms with Gasteiger partial charge in [-0.3, -0.25) is 0 Å². The molecular formula is C10H18O2. The molecule has 0 radical (unpaired) electrons. The predicted molar refractivity (Wildman–Crippen MR) is 46.6 cm³/mol. The zero-order valence-corrected chi connectivity index (χ0v) is 7.88. The first-order valence-electron chi connectivity index (χ1n) is 4.84. The first-order valence-corrected chi connectivity index (χ1v) is 4.84. The summed E-state index contributed by atoms with van der Waals surface area (Å²) in [6, 6.07) is 0. The average Bonchev–Trinajstić information content (AvgIpc) is 2.59. The van der Waals surface area contributed by atoms with Crippen LogP contribution in [0.3, 0.4) is 0 Å². The minimum absolute atomic E-state index is 0.167. The molecule has 0 saturated heterocycles. The first-order chi connectivity index (χ1) is 5.51. The summed E-state index contributed by atoms with van der Waals surface area (Å²) in [5.74, 6) is 1.07.